The molecule has 2 aromatic carbocycles. The van der Waals surface area contributed by atoms with E-state index in [0.717, 1.165) is 0 Å². The minimum Gasteiger partial charge on any atom is -0.495 e. The molecule has 0 saturated carbocycles. The van der Waals surface area contributed by atoms with Gasteiger partial charge in [-0.3, -0.25) is 4.79 Å². The van der Waals surface area contributed by atoms with Crippen LogP contribution >= 0.6 is 27.5 Å². The number of hydrogen-bond donors (Lipinski definition) is 1. The SMILES string of the molecule is COc1cc(C(=O)Nc2cccc(Cl)c2F)cc(OC)c1Br. The smallest absolute Gasteiger partial charge is 0.256 e. The second-order valence-electron chi connectivity index (χ2n) is 4.25. The molecular formula is C15H12BrClFNO3. The van der Waals surface area contributed by atoms with E-state index in [1.54, 1.807) is 6.07 Å². The zero-order valence-corrected chi connectivity index (χ0v) is 14.1. The monoisotopic (exact) mass is 387 g/mol. The molecule has 22 heavy (non-hydrogen) atoms. The van der Waals surface area contributed by atoms with E-state index in [1.165, 1.54) is 38.5 Å². The molecule has 4 nitrogen and oxygen atoms in total. The molecule has 2 aromatic rings. The van der Waals surface area contributed by atoms with Crippen LogP contribution in [-0.2, 0) is 0 Å². The van der Waals surface area contributed by atoms with E-state index >= 15 is 0 Å². The molecule has 7 heteroatoms. The number of anilines is 1. The zero-order chi connectivity index (χ0) is 16.3. The molecule has 0 unspecified atom stereocenters. The Balaban J connectivity index is 2.35. The molecule has 0 saturated heterocycles. The fraction of sp³-hybridized carbons (Fsp3) is 0.133. The predicted octanol–water partition coefficient (Wildman–Crippen LogP) is 4.51. The molecule has 116 valence electrons. The van der Waals surface area contributed by atoms with Gasteiger partial charge in [-0.2, -0.15) is 0 Å². The summed E-state index contributed by atoms with van der Waals surface area (Å²) in [6, 6.07) is 7.41. The molecule has 0 aliphatic carbocycles. The summed E-state index contributed by atoms with van der Waals surface area (Å²) in [5.74, 6) is -0.342. The van der Waals surface area contributed by atoms with Crippen molar-refractivity contribution in [3.63, 3.8) is 0 Å². The van der Waals surface area contributed by atoms with Gasteiger partial charge in [0, 0.05) is 5.56 Å². The van der Waals surface area contributed by atoms with Gasteiger partial charge in [0.2, 0.25) is 0 Å². The van der Waals surface area contributed by atoms with Gasteiger partial charge in [0.25, 0.3) is 5.91 Å². The third kappa shape index (κ3) is 3.34. The maximum absolute atomic E-state index is 13.8. The van der Waals surface area contributed by atoms with Crippen molar-refractivity contribution in [3.8, 4) is 11.5 Å². The minimum atomic E-state index is -0.687. The van der Waals surface area contributed by atoms with Gasteiger partial charge < -0.3 is 14.8 Å². The highest BCUT2D eigenvalue weighted by atomic mass is 79.9. The Hall–Kier alpha value is -1.79. The van der Waals surface area contributed by atoms with Gasteiger partial charge in [0.15, 0.2) is 5.82 Å². The molecule has 0 aliphatic rings. The second kappa shape index (κ2) is 6.98. The average Bonchev–Trinajstić information content (AvgIpc) is 2.52. The molecule has 0 aliphatic heterocycles. The van der Waals surface area contributed by atoms with E-state index in [4.69, 9.17) is 21.1 Å². The van der Waals surface area contributed by atoms with Crippen LogP contribution < -0.4 is 14.8 Å². The molecular weight excluding hydrogens is 377 g/mol. The summed E-state index contributed by atoms with van der Waals surface area (Å²) in [6.45, 7) is 0. The largest absolute Gasteiger partial charge is 0.495 e. The first-order chi connectivity index (χ1) is 10.5. The molecule has 0 bridgehead atoms. The van der Waals surface area contributed by atoms with E-state index in [0.29, 0.717) is 16.0 Å². The molecule has 0 aromatic heterocycles. The Labute approximate surface area is 140 Å². The van der Waals surface area contributed by atoms with Gasteiger partial charge in [-0.05, 0) is 40.2 Å². The molecule has 1 amide bonds. The van der Waals surface area contributed by atoms with Gasteiger partial charge >= 0.3 is 0 Å². The summed E-state index contributed by atoms with van der Waals surface area (Å²) < 4.78 is 24.8. The third-order valence-electron chi connectivity index (χ3n) is 2.91. The molecule has 0 spiro atoms. The van der Waals surface area contributed by atoms with Crippen LogP contribution in [0.3, 0.4) is 0 Å². The maximum atomic E-state index is 13.8. The number of methoxy groups -OCH3 is 2. The standard InChI is InChI=1S/C15H12BrClFNO3/c1-21-11-6-8(7-12(22-2)13(11)16)15(20)19-10-5-3-4-9(17)14(10)18/h3-7H,1-2H3,(H,19,20). The molecule has 0 heterocycles. The third-order valence-corrected chi connectivity index (χ3v) is 3.98. The highest BCUT2D eigenvalue weighted by molar-refractivity contribution is 9.10. The van der Waals surface area contributed by atoms with Gasteiger partial charge in [0.05, 0.1) is 24.9 Å². The zero-order valence-electron chi connectivity index (χ0n) is 11.7. The van der Waals surface area contributed by atoms with Crippen molar-refractivity contribution in [2.75, 3.05) is 19.5 Å². The Bertz CT molecular complexity index is 699. The first-order valence-electron chi connectivity index (χ1n) is 6.14. The predicted molar refractivity (Wildman–Crippen MR) is 86.6 cm³/mol. The summed E-state index contributed by atoms with van der Waals surface area (Å²) in [4.78, 5) is 12.3. The Kier molecular flexibility index (Phi) is 5.26. The molecule has 0 atom stereocenters. The van der Waals surface area contributed by atoms with Gasteiger partial charge in [0.1, 0.15) is 16.0 Å². The van der Waals surface area contributed by atoms with Crippen molar-refractivity contribution in [2.45, 2.75) is 0 Å². The van der Waals surface area contributed by atoms with Crippen LogP contribution in [0.5, 0.6) is 11.5 Å². The van der Waals surface area contributed by atoms with E-state index in [2.05, 4.69) is 21.2 Å². The Morgan fingerprint density at radius 3 is 2.36 bits per heavy atom. The highest BCUT2D eigenvalue weighted by Crippen LogP contribution is 2.36. The van der Waals surface area contributed by atoms with Crippen LogP contribution in [0.25, 0.3) is 0 Å². The number of benzene rings is 2. The quantitative estimate of drug-likeness (QED) is 0.838. The van der Waals surface area contributed by atoms with Crippen LogP contribution in [0.15, 0.2) is 34.8 Å². The molecule has 0 radical (unpaired) electrons. The molecule has 2 rings (SSSR count). The van der Waals surface area contributed by atoms with Crippen molar-refractivity contribution in [2.24, 2.45) is 0 Å². The van der Waals surface area contributed by atoms with Crippen molar-refractivity contribution in [1.82, 2.24) is 0 Å². The molecule has 0 fully saturated rings. The maximum Gasteiger partial charge on any atom is 0.256 e. The number of carbonyl (C=O) groups excluding carboxylic acids is 1. The second-order valence-corrected chi connectivity index (χ2v) is 5.45. The first-order valence-corrected chi connectivity index (χ1v) is 7.32. The van der Waals surface area contributed by atoms with E-state index in [1.807, 2.05) is 0 Å². The summed E-state index contributed by atoms with van der Waals surface area (Å²) >= 11 is 9.00. The van der Waals surface area contributed by atoms with Crippen molar-refractivity contribution < 1.29 is 18.7 Å². The summed E-state index contributed by atoms with van der Waals surface area (Å²) in [5, 5.41) is 2.40. The fourth-order valence-corrected chi connectivity index (χ4v) is 2.52. The number of rotatable bonds is 4. The van der Waals surface area contributed by atoms with Crippen LogP contribution in [0.2, 0.25) is 5.02 Å². The Morgan fingerprint density at radius 2 is 1.82 bits per heavy atom. The summed E-state index contributed by atoms with van der Waals surface area (Å²) in [6.07, 6.45) is 0. The summed E-state index contributed by atoms with van der Waals surface area (Å²) in [7, 11) is 2.94. The van der Waals surface area contributed by atoms with Gasteiger partial charge in [-0.1, -0.05) is 17.7 Å². The topological polar surface area (TPSA) is 47.6 Å². The minimum absolute atomic E-state index is 0.00153. The number of amides is 1. The van der Waals surface area contributed by atoms with E-state index in [9.17, 15) is 9.18 Å². The number of ether oxygens (including phenoxy) is 2. The number of halogens is 3. The lowest BCUT2D eigenvalue weighted by Gasteiger charge is -2.12. The first kappa shape index (κ1) is 16.6. The summed E-state index contributed by atoms with van der Waals surface area (Å²) in [5.41, 5.74) is 0.259. The fourth-order valence-electron chi connectivity index (χ4n) is 1.80. The van der Waals surface area contributed by atoms with Crippen molar-refractivity contribution in [1.29, 1.82) is 0 Å². The normalized spacial score (nSPS) is 10.2. The van der Waals surface area contributed by atoms with E-state index in [-0.39, 0.29) is 16.3 Å². The highest BCUT2D eigenvalue weighted by Gasteiger charge is 2.16. The lowest BCUT2D eigenvalue weighted by Crippen LogP contribution is -2.13. The number of carbonyl (C=O) groups is 1. The van der Waals surface area contributed by atoms with Crippen LogP contribution in [0, 0.1) is 5.82 Å². The van der Waals surface area contributed by atoms with Crippen LogP contribution in [-0.4, -0.2) is 20.1 Å². The lowest BCUT2D eigenvalue weighted by atomic mass is 10.1. The number of nitrogens with one attached hydrogen (secondary N) is 1. The lowest BCUT2D eigenvalue weighted by molar-refractivity contribution is 0.102. The van der Waals surface area contributed by atoms with Gasteiger partial charge in [-0.15, -0.1) is 0 Å². The van der Waals surface area contributed by atoms with Crippen LogP contribution in [0.1, 0.15) is 10.4 Å². The van der Waals surface area contributed by atoms with Crippen LogP contribution in [0.4, 0.5) is 10.1 Å². The van der Waals surface area contributed by atoms with Gasteiger partial charge in [-0.25, -0.2) is 4.39 Å². The number of hydrogen-bond acceptors (Lipinski definition) is 3. The van der Waals surface area contributed by atoms with E-state index < -0.39 is 11.7 Å². The Morgan fingerprint density at radius 1 is 1.23 bits per heavy atom. The molecule has 1 N–H and O–H groups in total. The van der Waals surface area contributed by atoms with Crippen molar-refractivity contribution >= 4 is 39.1 Å². The average molecular weight is 389 g/mol. The van der Waals surface area contributed by atoms with Crippen molar-refractivity contribution in [3.05, 3.63) is 51.2 Å².